The first-order valence-corrected chi connectivity index (χ1v) is 7.38. The van der Waals surface area contributed by atoms with E-state index in [9.17, 15) is 9.90 Å². The number of hydrogen-bond donors (Lipinski definition) is 2. The second kappa shape index (κ2) is 8.03. The average molecular weight is 340 g/mol. The summed E-state index contributed by atoms with van der Waals surface area (Å²) in [5, 5.41) is 13.1. The first-order chi connectivity index (χ1) is 10.6. The van der Waals surface area contributed by atoms with Gasteiger partial charge in [0.2, 0.25) is 0 Å². The maximum atomic E-state index is 11.9. The van der Waals surface area contributed by atoms with Gasteiger partial charge in [0.25, 0.3) is 5.91 Å². The van der Waals surface area contributed by atoms with Crippen LogP contribution in [0.5, 0.6) is 5.75 Å². The van der Waals surface area contributed by atoms with Gasteiger partial charge in [0.05, 0.1) is 17.7 Å². The van der Waals surface area contributed by atoms with Gasteiger partial charge in [0.15, 0.2) is 6.61 Å². The van der Waals surface area contributed by atoms with Gasteiger partial charge in [-0.2, -0.15) is 0 Å². The number of amides is 1. The molecule has 1 unspecified atom stereocenters. The molecule has 0 saturated heterocycles. The molecule has 0 aliphatic carbocycles. The summed E-state index contributed by atoms with van der Waals surface area (Å²) < 4.78 is 5.35. The van der Waals surface area contributed by atoms with Gasteiger partial charge >= 0.3 is 0 Å². The Morgan fingerprint density at radius 2 is 1.82 bits per heavy atom. The highest BCUT2D eigenvalue weighted by atomic mass is 35.5. The number of rotatable bonds is 6. The van der Waals surface area contributed by atoms with Gasteiger partial charge in [-0.25, -0.2) is 0 Å². The van der Waals surface area contributed by atoms with Gasteiger partial charge < -0.3 is 15.2 Å². The largest absolute Gasteiger partial charge is 0.482 e. The normalized spacial score (nSPS) is 11.8. The summed E-state index contributed by atoms with van der Waals surface area (Å²) in [6, 6.07) is 13.3. The summed E-state index contributed by atoms with van der Waals surface area (Å²) in [4.78, 5) is 11.9. The SMILES string of the molecule is O=C(COc1ccccc1Cl)NC(CO)c1ccc(Cl)cc1. The number of ether oxygens (including phenoxy) is 1. The standard InChI is InChI=1S/C16H15Cl2NO3/c17-12-7-5-11(6-8-12)14(9-20)19-16(21)10-22-15-4-2-1-3-13(15)18/h1-8,14,20H,9-10H2,(H,19,21). The van der Waals surface area contributed by atoms with Crippen LogP contribution in [0.1, 0.15) is 11.6 Å². The molecule has 0 fully saturated rings. The monoisotopic (exact) mass is 339 g/mol. The van der Waals surface area contributed by atoms with Crippen LogP contribution in [0.3, 0.4) is 0 Å². The van der Waals surface area contributed by atoms with Crippen LogP contribution in [-0.4, -0.2) is 24.2 Å². The highest BCUT2D eigenvalue weighted by molar-refractivity contribution is 6.32. The molecule has 2 aromatic carbocycles. The Hall–Kier alpha value is -1.75. The smallest absolute Gasteiger partial charge is 0.258 e. The second-order valence-corrected chi connectivity index (χ2v) is 5.42. The maximum Gasteiger partial charge on any atom is 0.258 e. The molecule has 0 aromatic heterocycles. The number of carbonyl (C=O) groups excluding carboxylic acids is 1. The van der Waals surface area contributed by atoms with Crippen molar-refractivity contribution in [2.24, 2.45) is 0 Å². The van der Waals surface area contributed by atoms with Crippen LogP contribution in [-0.2, 0) is 4.79 Å². The average Bonchev–Trinajstić information content (AvgIpc) is 2.53. The summed E-state index contributed by atoms with van der Waals surface area (Å²) in [6.07, 6.45) is 0. The molecule has 0 spiro atoms. The zero-order valence-electron chi connectivity index (χ0n) is 11.6. The minimum atomic E-state index is -0.514. The summed E-state index contributed by atoms with van der Waals surface area (Å²) in [7, 11) is 0. The summed E-state index contributed by atoms with van der Waals surface area (Å²) in [6.45, 7) is -0.409. The summed E-state index contributed by atoms with van der Waals surface area (Å²) >= 11 is 11.8. The lowest BCUT2D eigenvalue weighted by Crippen LogP contribution is -2.34. The number of benzene rings is 2. The van der Waals surface area contributed by atoms with Gasteiger partial charge in [0, 0.05) is 5.02 Å². The molecule has 22 heavy (non-hydrogen) atoms. The molecule has 2 aromatic rings. The van der Waals surface area contributed by atoms with E-state index in [4.69, 9.17) is 27.9 Å². The molecule has 2 rings (SSSR count). The fourth-order valence-electron chi connectivity index (χ4n) is 1.87. The predicted molar refractivity (Wildman–Crippen MR) is 86.4 cm³/mol. The van der Waals surface area contributed by atoms with Crippen molar-refractivity contribution in [3.63, 3.8) is 0 Å². The van der Waals surface area contributed by atoms with Crippen molar-refractivity contribution in [2.75, 3.05) is 13.2 Å². The molecule has 6 heteroatoms. The zero-order valence-corrected chi connectivity index (χ0v) is 13.1. The van der Waals surface area contributed by atoms with Crippen molar-refractivity contribution in [3.8, 4) is 5.75 Å². The van der Waals surface area contributed by atoms with E-state index in [1.54, 1.807) is 48.5 Å². The molecule has 0 radical (unpaired) electrons. The Labute approximate surface area is 138 Å². The van der Waals surface area contributed by atoms with Gasteiger partial charge in [-0.1, -0.05) is 47.5 Å². The van der Waals surface area contributed by atoms with Crippen molar-refractivity contribution in [2.45, 2.75) is 6.04 Å². The van der Waals surface area contributed by atoms with Crippen LogP contribution in [0.25, 0.3) is 0 Å². The number of carbonyl (C=O) groups is 1. The summed E-state index contributed by atoms with van der Waals surface area (Å²) in [5.74, 6) is 0.0836. The molecule has 1 atom stereocenters. The third-order valence-electron chi connectivity index (χ3n) is 2.99. The molecular weight excluding hydrogens is 325 g/mol. The number of para-hydroxylation sites is 1. The number of aliphatic hydroxyl groups excluding tert-OH is 1. The molecule has 116 valence electrons. The van der Waals surface area contributed by atoms with Crippen molar-refractivity contribution in [1.29, 1.82) is 0 Å². The topological polar surface area (TPSA) is 58.6 Å². The highest BCUT2D eigenvalue weighted by Crippen LogP contribution is 2.23. The minimum Gasteiger partial charge on any atom is -0.482 e. The van der Waals surface area contributed by atoms with Crippen LogP contribution in [0.2, 0.25) is 10.0 Å². The Kier molecular flexibility index (Phi) is 6.07. The van der Waals surface area contributed by atoms with Crippen LogP contribution in [0, 0.1) is 0 Å². The van der Waals surface area contributed by atoms with E-state index in [-0.39, 0.29) is 19.1 Å². The number of aliphatic hydroxyl groups is 1. The van der Waals surface area contributed by atoms with Crippen molar-refractivity contribution in [3.05, 3.63) is 64.1 Å². The molecule has 0 aliphatic heterocycles. The second-order valence-electron chi connectivity index (χ2n) is 4.57. The van der Waals surface area contributed by atoms with E-state index < -0.39 is 6.04 Å². The molecule has 0 bridgehead atoms. The number of nitrogens with one attached hydrogen (secondary N) is 1. The maximum absolute atomic E-state index is 11.9. The van der Waals surface area contributed by atoms with Crippen LogP contribution >= 0.6 is 23.2 Å². The van der Waals surface area contributed by atoms with E-state index >= 15 is 0 Å². The first kappa shape index (κ1) is 16.6. The lowest BCUT2D eigenvalue weighted by molar-refractivity contribution is -0.124. The van der Waals surface area contributed by atoms with Crippen molar-refractivity contribution in [1.82, 2.24) is 5.32 Å². The zero-order chi connectivity index (χ0) is 15.9. The third-order valence-corrected chi connectivity index (χ3v) is 3.55. The summed E-state index contributed by atoms with van der Waals surface area (Å²) in [5.41, 5.74) is 0.762. The van der Waals surface area contributed by atoms with Gasteiger partial charge in [-0.3, -0.25) is 4.79 Å². The molecular formula is C16H15Cl2NO3. The lowest BCUT2D eigenvalue weighted by Gasteiger charge is -2.17. The molecule has 0 heterocycles. The van der Waals surface area contributed by atoms with E-state index in [0.717, 1.165) is 5.56 Å². The Balaban J connectivity index is 1.92. The van der Waals surface area contributed by atoms with Crippen molar-refractivity contribution < 1.29 is 14.6 Å². The quantitative estimate of drug-likeness (QED) is 0.849. The fourth-order valence-corrected chi connectivity index (χ4v) is 2.19. The third kappa shape index (κ3) is 4.63. The number of hydrogen-bond acceptors (Lipinski definition) is 3. The minimum absolute atomic E-state index is 0.187. The van der Waals surface area contributed by atoms with E-state index in [0.29, 0.717) is 15.8 Å². The first-order valence-electron chi connectivity index (χ1n) is 6.63. The molecule has 2 N–H and O–H groups in total. The molecule has 4 nitrogen and oxygen atoms in total. The Bertz CT molecular complexity index is 632. The number of halogens is 2. The molecule has 0 saturated carbocycles. The van der Waals surface area contributed by atoms with Gasteiger partial charge in [-0.15, -0.1) is 0 Å². The van der Waals surface area contributed by atoms with E-state index in [2.05, 4.69) is 5.32 Å². The molecule has 0 aliphatic rings. The Morgan fingerprint density at radius 1 is 1.14 bits per heavy atom. The predicted octanol–water partition coefficient (Wildman–Crippen LogP) is 3.22. The van der Waals surface area contributed by atoms with Gasteiger partial charge in [-0.05, 0) is 29.8 Å². The highest BCUT2D eigenvalue weighted by Gasteiger charge is 2.14. The van der Waals surface area contributed by atoms with E-state index in [1.165, 1.54) is 0 Å². The van der Waals surface area contributed by atoms with Crippen LogP contribution in [0.4, 0.5) is 0 Å². The van der Waals surface area contributed by atoms with Crippen LogP contribution in [0.15, 0.2) is 48.5 Å². The van der Waals surface area contributed by atoms with Crippen molar-refractivity contribution >= 4 is 29.1 Å². The fraction of sp³-hybridized carbons (Fsp3) is 0.188. The van der Waals surface area contributed by atoms with E-state index in [1.807, 2.05) is 0 Å². The van der Waals surface area contributed by atoms with Gasteiger partial charge in [0.1, 0.15) is 5.75 Å². The Morgan fingerprint density at radius 3 is 2.45 bits per heavy atom. The molecule has 1 amide bonds. The van der Waals surface area contributed by atoms with Crippen LogP contribution < -0.4 is 10.1 Å². The lowest BCUT2D eigenvalue weighted by atomic mass is 10.1.